The number of hydrazone groups is 1. The average Bonchev–Trinajstić information content (AvgIpc) is 3.18. The van der Waals surface area contributed by atoms with Crippen LogP contribution in [0.3, 0.4) is 0 Å². The summed E-state index contributed by atoms with van der Waals surface area (Å²) in [5.74, 6) is -0.197. The third-order valence-electron chi connectivity index (χ3n) is 4.22. The zero-order chi connectivity index (χ0) is 21.0. The van der Waals surface area contributed by atoms with E-state index in [1.807, 2.05) is 24.3 Å². The van der Waals surface area contributed by atoms with Gasteiger partial charge in [0.1, 0.15) is 6.07 Å². The lowest BCUT2D eigenvalue weighted by Crippen LogP contribution is -2.14. The third-order valence-corrected chi connectivity index (χ3v) is 4.46. The Bertz CT molecular complexity index is 1100. The number of carbonyl (C=O) groups is 1. The van der Waals surface area contributed by atoms with Gasteiger partial charge in [0.15, 0.2) is 11.5 Å². The standard InChI is InChI=1S/C22H19ClN4O2/c1-22(2,3)15-9-7-14(8-10-15)20-12-18(27-29-20)21(28)19(13-24)26-25-17-6-4-5-16(23)11-17/h4-12,25H,1-3H3. The van der Waals surface area contributed by atoms with Crippen LogP contribution in [0.1, 0.15) is 36.8 Å². The molecule has 0 radical (unpaired) electrons. The van der Waals surface area contributed by atoms with Crippen LogP contribution in [0.25, 0.3) is 11.3 Å². The van der Waals surface area contributed by atoms with Crippen molar-refractivity contribution in [2.75, 3.05) is 5.43 Å². The summed E-state index contributed by atoms with van der Waals surface area (Å²) < 4.78 is 5.30. The fraction of sp³-hybridized carbons (Fsp3) is 0.182. The van der Waals surface area contributed by atoms with Crippen LogP contribution in [0.2, 0.25) is 5.02 Å². The van der Waals surface area contributed by atoms with Gasteiger partial charge in [-0.05, 0) is 29.2 Å². The smallest absolute Gasteiger partial charge is 0.245 e. The zero-order valence-corrected chi connectivity index (χ0v) is 17.0. The molecule has 1 heterocycles. The minimum absolute atomic E-state index is 0.00749. The van der Waals surface area contributed by atoms with E-state index in [2.05, 4.69) is 36.5 Å². The van der Waals surface area contributed by atoms with Crippen LogP contribution in [0.5, 0.6) is 0 Å². The molecule has 0 saturated carbocycles. The third kappa shape index (κ3) is 4.89. The molecule has 3 rings (SSSR count). The van der Waals surface area contributed by atoms with Crippen LogP contribution in [0.15, 0.2) is 64.2 Å². The predicted octanol–water partition coefficient (Wildman–Crippen LogP) is 5.47. The fourth-order valence-electron chi connectivity index (χ4n) is 2.58. The van der Waals surface area contributed by atoms with E-state index < -0.39 is 5.78 Å². The molecule has 0 saturated heterocycles. The quantitative estimate of drug-likeness (QED) is 0.344. The lowest BCUT2D eigenvalue weighted by molar-refractivity contribution is 0.105. The Labute approximate surface area is 173 Å². The summed E-state index contributed by atoms with van der Waals surface area (Å²) in [5, 5.41) is 17.5. The maximum Gasteiger partial charge on any atom is 0.245 e. The van der Waals surface area contributed by atoms with Gasteiger partial charge in [0.2, 0.25) is 11.5 Å². The molecule has 0 amide bonds. The number of aromatic nitrogens is 1. The number of anilines is 1. The van der Waals surface area contributed by atoms with Crippen molar-refractivity contribution in [1.29, 1.82) is 5.26 Å². The number of hydrogen-bond donors (Lipinski definition) is 1. The SMILES string of the molecule is CC(C)(C)c1ccc(-c2cc(C(=O)C(C#N)=NNc3cccc(Cl)c3)no2)cc1. The van der Waals surface area contributed by atoms with Crippen molar-refractivity contribution < 1.29 is 9.32 Å². The summed E-state index contributed by atoms with van der Waals surface area (Å²) in [5.41, 5.74) is 4.88. The van der Waals surface area contributed by atoms with Crippen molar-refractivity contribution >= 4 is 28.8 Å². The number of nitrogens with zero attached hydrogens (tertiary/aromatic N) is 3. The van der Waals surface area contributed by atoms with E-state index in [1.165, 1.54) is 11.6 Å². The first-order valence-electron chi connectivity index (χ1n) is 8.89. The number of benzene rings is 2. The van der Waals surface area contributed by atoms with Crippen molar-refractivity contribution in [3.63, 3.8) is 0 Å². The molecule has 0 fully saturated rings. The Balaban J connectivity index is 1.78. The molecule has 146 valence electrons. The summed E-state index contributed by atoms with van der Waals surface area (Å²) >= 11 is 5.91. The highest BCUT2D eigenvalue weighted by molar-refractivity contribution is 6.51. The second-order valence-electron chi connectivity index (χ2n) is 7.43. The average molecular weight is 407 g/mol. The van der Waals surface area contributed by atoms with Gasteiger partial charge in [-0.25, -0.2) is 0 Å². The summed E-state index contributed by atoms with van der Waals surface area (Å²) in [4.78, 5) is 12.6. The van der Waals surface area contributed by atoms with E-state index in [1.54, 1.807) is 30.3 Å². The molecular weight excluding hydrogens is 388 g/mol. The molecule has 3 aromatic rings. The number of ketones is 1. The Morgan fingerprint density at radius 2 is 1.90 bits per heavy atom. The monoisotopic (exact) mass is 406 g/mol. The molecule has 0 spiro atoms. The lowest BCUT2D eigenvalue weighted by Gasteiger charge is -2.18. The number of halogens is 1. The van der Waals surface area contributed by atoms with Crippen LogP contribution < -0.4 is 5.43 Å². The molecule has 0 unspecified atom stereocenters. The van der Waals surface area contributed by atoms with Crippen molar-refractivity contribution in [3.05, 3.63) is 70.9 Å². The first-order chi connectivity index (χ1) is 13.8. The Morgan fingerprint density at radius 1 is 1.17 bits per heavy atom. The molecule has 2 aromatic carbocycles. The van der Waals surface area contributed by atoms with Gasteiger partial charge in [-0.15, -0.1) is 0 Å². The molecule has 6 nitrogen and oxygen atoms in total. The van der Waals surface area contributed by atoms with E-state index in [9.17, 15) is 10.1 Å². The second-order valence-corrected chi connectivity index (χ2v) is 7.86. The van der Waals surface area contributed by atoms with Gasteiger partial charge >= 0.3 is 0 Å². The minimum Gasteiger partial charge on any atom is -0.356 e. The zero-order valence-electron chi connectivity index (χ0n) is 16.2. The molecule has 29 heavy (non-hydrogen) atoms. The molecule has 0 atom stereocenters. The van der Waals surface area contributed by atoms with Crippen molar-refractivity contribution in [1.82, 2.24) is 5.16 Å². The van der Waals surface area contributed by atoms with Gasteiger partial charge in [0.25, 0.3) is 0 Å². The van der Waals surface area contributed by atoms with Gasteiger partial charge in [0.05, 0.1) is 5.69 Å². The normalized spacial score (nSPS) is 11.8. The van der Waals surface area contributed by atoms with Gasteiger partial charge in [-0.3, -0.25) is 10.2 Å². The molecule has 7 heteroatoms. The van der Waals surface area contributed by atoms with Gasteiger partial charge in [-0.2, -0.15) is 10.4 Å². The number of carbonyl (C=O) groups excluding carboxylic acids is 1. The van der Waals surface area contributed by atoms with Gasteiger partial charge < -0.3 is 4.52 Å². The fourth-order valence-corrected chi connectivity index (χ4v) is 2.77. The first kappa shape index (κ1) is 20.3. The van der Waals surface area contributed by atoms with Crippen LogP contribution in [0.4, 0.5) is 5.69 Å². The number of nitrogens with one attached hydrogen (secondary N) is 1. The number of hydrogen-bond acceptors (Lipinski definition) is 6. The van der Waals surface area contributed by atoms with Crippen LogP contribution in [-0.4, -0.2) is 16.7 Å². The maximum atomic E-state index is 12.6. The molecular formula is C22H19ClN4O2. The molecule has 1 N–H and O–H groups in total. The van der Waals surface area contributed by atoms with Crippen LogP contribution in [-0.2, 0) is 5.41 Å². The largest absolute Gasteiger partial charge is 0.356 e. The molecule has 0 aliphatic carbocycles. The Hall–Kier alpha value is -3.43. The predicted molar refractivity (Wildman–Crippen MR) is 113 cm³/mol. The summed E-state index contributed by atoms with van der Waals surface area (Å²) in [6, 6.07) is 17.9. The van der Waals surface area contributed by atoms with Crippen molar-refractivity contribution in [3.8, 4) is 17.4 Å². The van der Waals surface area contributed by atoms with E-state index in [4.69, 9.17) is 16.1 Å². The van der Waals surface area contributed by atoms with Gasteiger partial charge in [0, 0.05) is 16.7 Å². The van der Waals surface area contributed by atoms with Crippen LogP contribution in [0, 0.1) is 11.3 Å². The molecule has 1 aromatic heterocycles. The maximum absolute atomic E-state index is 12.6. The lowest BCUT2D eigenvalue weighted by atomic mass is 9.86. The Morgan fingerprint density at radius 3 is 2.52 bits per heavy atom. The van der Waals surface area contributed by atoms with Crippen molar-refractivity contribution in [2.45, 2.75) is 26.2 Å². The first-order valence-corrected chi connectivity index (χ1v) is 9.27. The van der Waals surface area contributed by atoms with Gasteiger partial charge in [-0.1, -0.05) is 67.9 Å². The molecule has 0 aliphatic heterocycles. The second kappa shape index (κ2) is 8.29. The van der Waals surface area contributed by atoms with Crippen LogP contribution >= 0.6 is 11.6 Å². The highest BCUT2D eigenvalue weighted by atomic mass is 35.5. The number of rotatable bonds is 5. The molecule has 0 bridgehead atoms. The Kier molecular flexibility index (Phi) is 5.81. The number of nitriles is 1. The van der Waals surface area contributed by atoms with E-state index in [0.717, 1.165) is 5.56 Å². The van der Waals surface area contributed by atoms with E-state index >= 15 is 0 Å². The summed E-state index contributed by atoms with van der Waals surface area (Å²) in [6.45, 7) is 6.40. The van der Waals surface area contributed by atoms with Crippen molar-refractivity contribution in [2.24, 2.45) is 5.10 Å². The van der Waals surface area contributed by atoms with E-state index in [-0.39, 0.29) is 16.8 Å². The number of Topliss-reactive ketones (excluding diaryl/α,β-unsaturated/α-hetero) is 1. The summed E-state index contributed by atoms with van der Waals surface area (Å²) in [6.07, 6.45) is 0. The highest BCUT2D eigenvalue weighted by Gasteiger charge is 2.20. The summed E-state index contributed by atoms with van der Waals surface area (Å²) in [7, 11) is 0. The van der Waals surface area contributed by atoms with E-state index in [0.29, 0.717) is 16.5 Å². The minimum atomic E-state index is -0.636. The topological polar surface area (TPSA) is 91.3 Å². The highest BCUT2D eigenvalue weighted by Crippen LogP contribution is 2.26. The molecule has 0 aliphatic rings.